The molecule has 2 atom stereocenters. The summed E-state index contributed by atoms with van der Waals surface area (Å²) in [4.78, 5) is 15.9. The third-order valence-corrected chi connectivity index (χ3v) is 4.27. The summed E-state index contributed by atoms with van der Waals surface area (Å²) in [6.07, 6.45) is -0.583. The predicted molar refractivity (Wildman–Crippen MR) is 72.4 cm³/mol. The van der Waals surface area contributed by atoms with Gasteiger partial charge in [0.2, 0.25) is 0 Å². The van der Waals surface area contributed by atoms with E-state index in [9.17, 15) is 9.90 Å². The molecule has 3 aliphatic heterocycles. The van der Waals surface area contributed by atoms with Crippen molar-refractivity contribution in [3.8, 4) is 0 Å². The lowest BCUT2D eigenvalue weighted by molar-refractivity contribution is -0.135. The molecule has 6 nitrogen and oxygen atoms in total. The van der Waals surface area contributed by atoms with Crippen LogP contribution < -0.4 is 0 Å². The average Bonchev–Trinajstić information content (AvgIpc) is 2.57. The van der Waals surface area contributed by atoms with Crippen molar-refractivity contribution in [2.24, 2.45) is 5.41 Å². The minimum absolute atomic E-state index is 0.135. The summed E-state index contributed by atoms with van der Waals surface area (Å²) in [5.41, 5.74) is -0.212. The molecule has 0 aromatic carbocycles. The first kappa shape index (κ1) is 14.1. The molecule has 114 valence electrons. The number of hydrogen-bond acceptors (Lipinski definition) is 5. The Morgan fingerprint density at radius 3 is 2.40 bits per heavy atom. The van der Waals surface area contributed by atoms with E-state index in [-0.39, 0.29) is 23.7 Å². The van der Waals surface area contributed by atoms with Crippen LogP contribution in [-0.4, -0.2) is 78.1 Å². The molecule has 3 heterocycles. The van der Waals surface area contributed by atoms with Gasteiger partial charge >= 0.3 is 6.09 Å². The molecule has 1 spiro atoms. The molecule has 3 rings (SSSR count). The quantitative estimate of drug-likeness (QED) is 0.750. The highest BCUT2D eigenvalue weighted by molar-refractivity contribution is 5.69. The normalized spacial score (nSPS) is 32.9. The molecule has 0 bridgehead atoms. The van der Waals surface area contributed by atoms with Crippen LogP contribution in [0.3, 0.4) is 0 Å². The van der Waals surface area contributed by atoms with Crippen LogP contribution in [0.15, 0.2) is 0 Å². The van der Waals surface area contributed by atoms with E-state index in [0.717, 1.165) is 26.2 Å². The van der Waals surface area contributed by atoms with Gasteiger partial charge in [0, 0.05) is 31.6 Å². The number of hydrogen-bond donors (Lipinski definition) is 1. The van der Waals surface area contributed by atoms with Crippen LogP contribution in [-0.2, 0) is 9.47 Å². The molecular formula is C14H24N2O4. The molecule has 1 N–H and O–H groups in total. The van der Waals surface area contributed by atoms with Gasteiger partial charge in [-0.25, -0.2) is 4.79 Å². The second-order valence-electron chi connectivity index (χ2n) is 7.41. The molecule has 0 saturated carbocycles. The molecule has 1 amide bonds. The maximum atomic E-state index is 11.9. The molecular weight excluding hydrogens is 260 g/mol. The van der Waals surface area contributed by atoms with Crippen LogP contribution in [0.25, 0.3) is 0 Å². The van der Waals surface area contributed by atoms with Gasteiger partial charge in [-0.2, -0.15) is 0 Å². The minimum atomic E-state index is -0.434. The van der Waals surface area contributed by atoms with Gasteiger partial charge in [0.1, 0.15) is 5.60 Å². The second-order valence-corrected chi connectivity index (χ2v) is 7.41. The average molecular weight is 284 g/mol. The fourth-order valence-corrected chi connectivity index (χ4v) is 3.35. The molecule has 0 radical (unpaired) electrons. The summed E-state index contributed by atoms with van der Waals surface area (Å²) in [6, 6.07) is 0.135. The topological polar surface area (TPSA) is 62.2 Å². The lowest BCUT2D eigenvalue weighted by Crippen LogP contribution is -2.75. The van der Waals surface area contributed by atoms with E-state index in [2.05, 4.69) is 4.90 Å². The Morgan fingerprint density at radius 1 is 1.25 bits per heavy atom. The number of carbonyl (C=O) groups excluding carboxylic acids is 1. The summed E-state index contributed by atoms with van der Waals surface area (Å²) in [7, 11) is 0. The first-order valence-corrected chi connectivity index (χ1v) is 7.26. The van der Waals surface area contributed by atoms with E-state index in [0.29, 0.717) is 13.2 Å². The number of carbonyl (C=O) groups is 1. The molecule has 6 heteroatoms. The highest BCUT2D eigenvalue weighted by Crippen LogP contribution is 2.42. The zero-order valence-corrected chi connectivity index (χ0v) is 12.5. The lowest BCUT2D eigenvalue weighted by Gasteiger charge is -2.61. The van der Waals surface area contributed by atoms with Gasteiger partial charge in [-0.1, -0.05) is 0 Å². The Bertz CT molecular complexity index is 392. The molecule has 3 saturated heterocycles. The third-order valence-electron chi connectivity index (χ3n) is 4.27. The van der Waals surface area contributed by atoms with Gasteiger partial charge in [-0.3, -0.25) is 4.90 Å². The summed E-state index contributed by atoms with van der Waals surface area (Å²) in [5, 5.41) is 9.80. The number of aliphatic hydroxyl groups is 1. The van der Waals surface area contributed by atoms with Crippen molar-refractivity contribution in [3.63, 3.8) is 0 Å². The van der Waals surface area contributed by atoms with Gasteiger partial charge in [0.05, 0.1) is 25.4 Å². The van der Waals surface area contributed by atoms with Gasteiger partial charge in [-0.15, -0.1) is 0 Å². The highest BCUT2D eigenvalue weighted by atomic mass is 16.6. The van der Waals surface area contributed by atoms with E-state index in [1.54, 1.807) is 4.90 Å². The fraction of sp³-hybridized carbons (Fsp3) is 0.929. The SMILES string of the molecule is CC(C)(C)OC(=O)N1CC2(C1)CN(C1COCC1O)C2. The van der Waals surface area contributed by atoms with Gasteiger partial charge in [0.15, 0.2) is 0 Å². The van der Waals surface area contributed by atoms with Gasteiger partial charge in [0.25, 0.3) is 0 Å². The number of rotatable bonds is 1. The Labute approximate surface area is 119 Å². The zero-order valence-electron chi connectivity index (χ0n) is 12.5. The van der Waals surface area contributed by atoms with Crippen LogP contribution in [0.4, 0.5) is 4.79 Å². The lowest BCUT2D eigenvalue weighted by atomic mass is 9.72. The Hall–Kier alpha value is -0.850. The van der Waals surface area contributed by atoms with E-state index in [4.69, 9.17) is 9.47 Å². The van der Waals surface area contributed by atoms with E-state index < -0.39 is 5.60 Å². The molecule has 3 fully saturated rings. The van der Waals surface area contributed by atoms with Crippen LogP contribution >= 0.6 is 0 Å². The predicted octanol–water partition coefficient (Wildman–Crippen LogP) is 0.299. The molecule has 0 aromatic rings. The van der Waals surface area contributed by atoms with Crippen LogP contribution in [0.5, 0.6) is 0 Å². The summed E-state index contributed by atoms with van der Waals surface area (Å²) < 4.78 is 10.6. The molecule has 20 heavy (non-hydrogen) atoms. The van der Waals surface area contributed by atoms with Crippen LogP contribution in [0, 0.1) is 5.41 Å². The monoisotopic (exact) mass is 284 g/mol. The first-order valence-electron chi connectivity index (χ1n) is 7.26. The fourth-order valence-electron chi connectivity index (χ4n) is 3.35. The summed E-state index contributed by atoms with van der Waals surface area (Å²) in [6.45, 7) is 10.1. The Kier molecular flexibility index (Phi) is 3.23. The van der Waals surface area contributed by atoms with E-state index >= 15 is 0 Å². The Morgan fingerprint density at radius 2 is 1.90 bits per heavy atom. The maximum Gasteiger partial charge on any atom is 0.410 e. The third kappa shape index (κ3) is 2.52. The molecule has 3 aliphatic rings. The number of likely N-dealkylation sites (tertiary alicyclic amines) is 2. The Balaban J connectivity index is 1.44. The first-order chi connectivity index (χ1) is 9.28. The van der Waals surface area contributed by atoms with Crippen LogP contribution in [0.2, 0.25) is 0 Å². The van der Waals surface area contributed by atoms with Crippen molar-refractivity contribution in [1.82, 2.24) is 9.80 Å². The molecule has 0 aliphatic carbocycles. The smallest absolute Gasteiger partial charge is 0.410 e. The van der Waals surface area contributed by atoms with Gasteiger partial charge < -0.3 is 19.5 Å². The van der Waals surface area contributed by atoms with Crippen molar-refractivity contribution < 1.29 is 19.4 Å². The van der Waals surface area contributed by atoms with Crippen LogP contribution in [0.1, 0.15) is 20.8 Å². The molecule has 2 unspecified atom stereocenters. The number of ether oxygens (including phenoxy) is 2. The summed E-state index contributed by atoms with van der Waals surface area (Å²) in [5.74, 6) is 0. The number of nitrogens with zero attached hydrogens (tertiary/aromatic N) is 2. The van der Waals surface area contributed by atoms with Crippen molar-refractivity contribution in [1.29, 1.82) is 0 Å². The maximum absolute atomic E-state index is 11.9. The summed E-state index contributed by atoms with van der Waals surface area (Å²) >= 11 is 0. The number of amides is 1. The molecule has 0 aromatic heterocycles. The van der Waals surface area contributed by atoms with Crippen molar-refractivity contribution in [2.75, 3.05) is 39.4 Å². The van der Waals surface area contributed by atoms with Crippen molar-refractivity contribution >= 4 is 6.09 Å². The standard InChI is InChI=1S/C14H24N2O4/c1-13(2,3)20-12(18)16-8-14(9-16)6-15(7-14)10-4-19-5-11(10)17/h10-11,17H,4-9H2,1-3H3. The van der Waals surface area contributed by atoms with Crippen molar-refractivity contribution in [3.05, 3.63) is 0 Å². The largest absolute Gasteiger partial charge is 0.444 e. The van der Waals surface area contributed by atoms with Crippen molar-refractivity contribution in [2.45, 2.75) is 38.5 Å². The van der Waals surface area contributed by atoms with E-state index in [1.807, 2.05) is 20.8 Å². The second kappa shape index (κ2) is 4.58. The number of aliphatic hydroxyl groups excluding tert-OH is 1. The minimum Gasteiger partial charge on any atom is -0.444 e. The van der Waals surface area contributed by atoms with Gasteiger partial charge in [-0.05, 0) is 20.8 Å². The zero-order chi connectivity index (χ0) is 14.5. The highest BCUT2D eigenvalue weighted by Gasteiger charge is 2.56. The van der Waals surface area contributed by atoms with E-state index in [1.165, 1.54) is 0 Å².